The Morgan fingerprint density at radius 2 is 1.81 bits per heavy atom. The quantitative estimate of drug-likeness (QED) is 0.289. The third-order valence-corrected chi connectivity index (χ3v) is 4.28. The summed E-state index contributed by atoms with van der Waals surface area (Å²) in [5.41, 5.74) is 1.75. The summed E-state index contributed by atoms with van der Waals surface area (Å²) in [7, 11) is 1.52. The molecule has 6 heteroatoms. The molecule has 1 fully saturated rings. The van der Waals surface area contributed by atoms with E-state index in [0.29, 0.717) is 17.0 Å². The lowest BCUT2D eigenvalue weighted by atomic mass is 9.86. The number of hydrogen-bond donors (Lipinski definition) is 0. The molecule has 0 saturated heterocycles. The number of oxime groups is 2. The summed E-state index contributed by atoms with van der Waals surface area (Å²) < 4.78 is 0. The highest BCUT2D eigenvalue weighted by atomic mass is 16.6. The predicted molar refractivity (Wildman–Crippen MR) is 107 cm³/mol. The van der Waals surface area contributed by atoms with Crippen molar-refractivity contribution in [2.75, 3.05) is 7.11 Å². The van der Waals surface area contributed by atoms with Gasteiger partial charge in [-0.05, 0) is 12.8 Å². The number of benzene rings is 1. The molecule has 0 radical (unpaired) electrons. The molecule has 0 bridgehead atoms. The van der Waals surface area contributed by atoms with Crippen LogP contribution in [0.1, 0.15) is 68.8 Å². The van der Waals surface area contributed by atoms with Gasteiger partial charge in [0.05, 0.1) is 6.21 Å². The summed E-state index contributed by atoms with van der Waals surface area (Å²) in [6.45, 7) is 5.37. The lowest BCUT2D eigenvalue weighted by Gasteiger charge is -2.20. The number of rotatable bonds is 8. The van der Waals surface area contributed by atoms with Crippen molar-refractivity contribution >= 4 is 23.5 Å². The van der Waals surface area contributed by atoms with Crippen LogP contribution in [-0.2, 0) is 21.1 Å². The molecule has 0 aromatic heterocycles. The second-order valence-corrected chi connectivity index (χ2v) is 6.08. The summed E-state index contributed by atoms with van der Waals surface area (Å²) >= 11 is 0. The van der Waals surface area contributed by atoms with Gasteiger partial charge in [-0.25, -0.2) is 0 Å². The van der Waals surface area contributed by atoms with Gasteiger partial charge in [0, 0.05) is 24.0 Å². The van der Waals surface area contributed by atoms with E-state index in [9.17, 15) is 9.59 Å². The molecule has 0 N–H and O–H groups in total. The van der Waals surface area contributed by atoms with Crippen LogP contribution in [-0.4, -0.2) is 30.6 Å². The molecule has 0 heterocycles. The van der Waals surface area contributed by atoms with Crippen LogP contribution in [0.25, 0.3) is 0 Å². The fourth-order valence-corrected chi connectivity index (χ4v) is 2.96. The summed E-state index contributed by atoms with van der Waals surface area (Å²) in [5, 5.41) is 8.02. The van der Waals surface area contributed by atoms with Gasteiger partial charge in [-0.2, -0.15) is 0 Å². The highest BCUT2D eigenvalue weighted by Gasteiger charge is 2.19. The normalized spacial score (nSPS) is 15.0. The molecule has 27 heavy (non-hydrogen) atoms. The molecule has 0 spiro atoms. The molecule has 1 saturated carbocycles. The minimum absolute atomic E-state index is 0.108. The van der Waals surface area contributed by atoms with Crippen molar-refractivity contribution in [3.8, 4) is 0 Å². The van der Waals surface area contributed by atoms with E-state index in [1.807, 2.05) is 13.8 Å². The van der Waals surface area contributed by atoms with E-state index in [1.165, 1.54) is 33.3 Å². The van der Waals surface area contributed by atoms with Crippen molar-refractivity contribution in [1.29, 1.82) is 0 Å². The number of ketones is 2. The standard InChI is InChI=1S/C19H24N2O4.C2H6/c1-14(22)19(23)17-11-7-6-10-16(17)13-25-20-12-18(21-24-2)15-8-4-3-5-9-15;1-2/h6-7,10-12,15H,3-5,8-9,13H2,1-2H3;1-2H3/b20-12?,21-18+;. The Kier molecular flexibility index (Phi) is 10.7. The zero-order chi connectivity index (χ0) is 20.1. The number of carbonyl (C=O) groups is 2. The lowest BCUT2D eigenvalue weighted by Crippen LogP contribution is -2.19. The van der Waals surface area contributed by atoms with Crippen molar-refractivity contribution in [3.05, 3.63) is 35.4 Å². The Balaban J connectivity index is 0.00000176. The molecular weight excluding hydrogens is 344 g/mol. The Morgan fingerprint density at radius 1 is 1.15 bits per heavy atom. The van der Waals surface area contributed by atoms with Gasteiger partial charge >= 0.3 is 0 Å². The van der Waals surface area contributed by atoms with Gasteiger partial charge in [0.25, 0.3) is 0 Å². The van der Waals surface area contributed by atoms with Crippen LogP contribution in [0.4, 0.5) is 0 Å². The van der Waals surface area contributed by atoms with Crippen LogP contribution in [0.15, 0.2) is 34.6 Å². The van der Waals surface area contributed by atoms with Gasteiger partial charge in [-0.1, -0.05) is 67.7 Å². The highest BCUT2D eigenvalue weighted by Crippen LogP contribution is 2.24. The van der Waals surface area contributed by atoms with E-state index in [2.05, 4.69) is 10.3 Å². The fourth-order valence-electron chi connectivity index (χ4n) is 2.96. The van der Waals surface area contributed by atoms with Crippen LogP contribution < -0.4 is 0 Å². The van der Waals surface area contributed by atoms with E-state index in [4.69, 9.17) is 9.68 Å². The second-order valence-electron chi connectivity index (χ2n) is 6.08. The van der Waals surface area contributed by atoms with Crippen molar-refractivity contribution in [3.63, 3.8) is 0 Å². The van der Waals surface area contributed by atoms with Crippen LogP contribution >= 0.6 is 0 Å². The molecular formula is C21H30N2O4. The smallest absolute Gasteiger partial charge is 0.228 e. The van der Waals surface area contributed by atoms with Crippen LogP contribution in [0, 0.1) is 5.92 Å². The molecule has 0 amide bonds. The fraction of sp³-hybridized carbons (Fsp3) is 0.524. The molecule has 1 aliphatic carbocycles. The predicted octanol–water partition coefficient (Wildman–Crippen LogP) is 4.57. The molecule has 1 aliphatic rings. The molecule has 1 aromatic rings. The Morgan fingerprint density at radius 3 is 2.44 bits per heavy atom. The average Bonchev–Trinajstić information content (AvgIpc) is 2.72. The SMILES string of the molecule is CC.CO/N=C(\C=NOCc1ccccc1C(=O)C(C)=O)C1CCCCC1. The minimum Gasteiger partial charge on any atom is -0.399 e. The van der Waals surface area contributed by atoms with E-state index >= 15 is 0 Å². The molecule has 1 aromatic carbocycles. The number of carbonyl (C=O) groups excluding carboxylic acids is 2. The maximum absolute atomic E-state index is 11.9. The van der Waals surface area contributed by atoms with Gasteiger partial charge in [-0.15, -0.1) is 0 Å². The number of nitrogens with zero attached hydrogens (tertiary/aromatic N) is 2. The summed E-state index contributed by atoms with van der Waals surface area (Å²) in [6.07, 6.45) is 7.35. The zero-order valence-electron chi connectivity index (χ0n) is 16.7. The van der Waals surface area contributed by atoms with E-state index in [0.717, 1.165) is 18.6 Å². The third kappa shape index (κ3) is 7.33. The highest BCUT2D eigenvalue weighted by molar-refractivity contribution is 6.43. The second kappa shape index (κ2) is 12.8. The first-order valence-corrected chi connectivity index (χ1v) is 9.53. The molecule has 6 nitrogen and oxygen atoms in total. The van der Waals surface area contributed by atoms with Gasteiger partial charge in [0.15, 0.2) is 5.78 Å². The van der Waals surface area contributed by atoms with E-state index in [1.54, 1.807) is 30.5 Å². The topological polar surface area (TPSA) is 77.3 Å². The Hall–Kier alpha value is -2.50. The summed E-state index contributed by atoms with van der Waals surface area (Å²) in [4.78, 5) is 33.5. The third-order valence-electron chi connectivity index (χ3n) is 4.28. The van der Waals surface area contributed by atoms with Crippen molar-refractivity contribution < 1.29 is 19.3 Å². The monoisotopic (exact) mass is 374 g/mol. The van der Waals surface area contributed by atoms with Crippen molar-refractivity contribution in [2.45, 2.75) is 59.5 Å². The maximum atomic E-state index is 11.9. The van der Waals surface area contributed by atoms with Crippen LogP contribution in [0.2, 0.25) is 0 Å². The lowest BCUT2D eigenvalue weighted by molar-refractivity contribution is -0.113. The summed E-state index contributed by atoms with van der Waals surface area (Å²) in [5.74, 6) is -0.678. The van der Waals surface area contributed by atoms with E-state index < -0.39 is 11.6 Å². The van der Waals surface area contributed by atoms with Gasteiger partial charge < -0.3 is 9.68 Å². The number of hydrogen-bond acceptors (Lipinski definition) is 6. The van der Waals surface area contributed by atoms with Gasteiger partial charge in [0.2, 0.25) is 5.78 Å². The molecule has 2 rings (SSSR count). The summed E-state index contributed by atoms with van der Waals surface area (Å²) in [6, 6.07) is 6.87. The maximum Gasteiger partial charge on any atom is 0.228 e. The first-order chi connectivity index (χ1) is 13.1. The molecule has 0 aliphatic heterocycles. The largest absolute Gasteiger partial charge is 0.399 e. The molecule has 148 valence electrons. The van der Waals surface area contributed by atoms with Gasteiger partial charge in [-0.3, -0.25) is 9.59 Å². The zero-order valence-corrected chi connectivity index (χ0v) is 16.7. The number of Topliss-reactive ketones (excluding diaryl/α,β-unsaturated/α-hetero) is 2. The van der Waals surface area contributed by atoms with E-state index in [-0.39, 0.29) is 6.61 Å². The Labute approximate surface area is 161 Å². The van der Waals surface area contributed by atoms with Crippen molar-refractivity contribution in [2.24, 2.45) is 16.2 Å². The molecule has 0 atom stereocenters. The Bertz CT molecular complexity index is 662. The first kappa shape index (κ1) is 22.5. The first-order valence-electron chi connectivity index (χ1n) is 9.53. The van der Waals surface area contributed by atoms with Crippen molar-refractivity contribution in [1.82, 2.24) is 0 Å². The minimum atomic E-state index is -0.521. The van der Waals surface area contributed by atoms with Gasteiger partial charge in [0.1, 0.15) is 19.4 Å². The van der Waals surface area contributed by atoms with Crippen LogP contribution in [0.3, 0.4) is 0 Å². The average molecular weight is 374 g/mol. The van der Waals surface area contributed by atoms with Crippen LogP contribution in [0.5, 0.6) is 0 Å². The molecule has 0 unspecified atom stereocenters.